The van der Waals surface area contributed by atoms with Crippen LogP contribution in [0.25, 0.3) is 0 Å². The van der Waals surface area contributed by atoms with Crippen molar-refractivity contribution in [2.24, 2.45) is 0 Å². The van der Waals surface area contributed by atoms with E-state index < -0.39 is 0 Å². The molecule has 0 radical (unpaired) electrons. The Morgan fingerprint density at radius 3 is 2.71 bits per heavy atom. The number of nitrogens with one attached hydrogen (secondary N) is 2. The molecule has 0 saturated heterocycles. The number of nitriles is 1. The average molecular weight is 373 g/mol. The first-order chi connectivity index (χ1) is 13.7. The van der Waals surface area contributed by atoms with Gasteiger partial charge in [-0.1, -0.05) is 6.07 Å². The van der Waals surface area contributed by atoms with Gasteiger partial charge in [-0.05, 0) is 42.0 Å². The monoisotopic (exact) mass is 373 g/mol. The van der Waals surface area contributed by atoms with Crippen molar-refractivity contribution >= 4 is 17.4 Å². The minimum absolute atomic E-state index is 0.209. The average Bonchev–Trinajstić information content (AvgIpc) is 3.20. The van der Waals surface area contributed by atoms with E-state index in [1.807, 2.05) is 18.2 Å². The first kappa shape index (κ1) is 17.3. The Balaban J connectivity index is 1.40. The van der Waals surface area contributed by atoms with Crippen LogP contribution in [0.5, 0.6) is 11.5 Å². The van der Waals surface area contributed by atoms with Gasteiger partial charge in [0.15, 0.2) is 11.5 Å². The summed E-state index contributed by atoms with van der Waals surface area (Å²) in [7, 11) is 0. The molecule has 28 heavy (non-hydrogen) atoms. The van der Waals surface area contributed by atoms with E-state index in [-0.39, 0.29) is 18.4 Å². The number of carbonyl (C=O) groups is 1. The molecule has 2 heterocycles. The minimum Gasteiger partial charge on any atom is -0.454 e. The Morgan fingerprint density at radius 1 is 1.07 bits per heavy atom. The molecule has 0 atom stereocenters. The van der Waals surface area contributed by atoms with Crippen molar-refractivity contribution in [3.05, 3.63) is 71.7 Å². The van der Waals surface area contributed by atoms with Crippen LogP contribution in [0.3, 0.4) is 0 Å². The zero-order valence-electron chi connectivity index (χ0n) is 14.7. The maximum atomic E-state index is 12.4. The first-order valence-corrected chi connectivity index (χ1v) is 8.47. The second-order valence-corrected chi connectivity index (χ2v) is 5.97. The van der Waals surface area contributed by atoms with Gasteiger partial charge in [-0.3, -0.25) is 4.79 Å². The molecule has 4 rings (SSSR count). The Morgan fingerprint density at radius 2 is 1.89 bits per heavy atom. The van der Waals surface area contributed by atoms with E-state index in [9.17, 15) is 4.79 Å². The lowest BCUT2D eigenvalue weighted by atomic mass is 10.2. The molecule has 2 N–H and O–H groups in total. The van der Waals surface area contributed by atoms with Crippen molar-refractivity contribution in [1.82, 2.24) is 15.3 Å². The summed E-state index contributed by atoms with van der Waals surface area (Å²) in [4.78, 5) is 20.6. The number of nitrogens with zero attached hydrogens (tertiary/aromatic N) is 3. The molecule has 1 amide bonds. The highest BCUT2D eigenvalue weighted by Crippen LogP contribution is 2.32. The molecule has 8 nitrogen and oxygen atoms in total. The van der Waals surface area contributed by atoms with Crippen LogP contribution >= 0.6 is 0 Å². The molecule has 1 aliphatic heterocycles. The van der Waals surface area contributed by atoms with E-state index in [1.54, 1.807) is 30.3 Å². The van der Waals surface area contributed by atoms with E-state index in [0.29, 0.717) is 29.4 Å². The van der Waals surface area contributed by atoms with Gasteiger partial charge in [0, 0.05) is 18.3 Å². The lowest BCUT2D eigenvalue weighted by Crippen LogP contribution is -2.24. The Labute approximate surface area is 160 Å². The van der Waals surface area contributed by atoms with Crippen molar-refractivity contribution in [2.45, 2.75) is 6.54 Å². The topological polar surface area (TPSA) is 109 Å². The SMILES string of the molecule is N#Cc1ccc(Nc2cc(C(=O)NCc3ccc4c(c3)OCO4)ncn2)cc1. The van der Waals surface area contributed by atoms with E-state index in [0.717, 1.165) is 11.3 Å². The molecular formula is C20H15N5O3. The fourth-order valence-corrected chi connectivity index (χ4v) is 2.65. The van der Waals surface area contributed by atoms with E-state index in [2.05, 4.69) is 26.7 Å². The molecule has 2 aromatic carbocycles. The van der Waals surface area contributed by atoms with Crippen LogP contribution < -0.4 is 20.1 Å². The normalized spacial score (nSPS) is 11.5. The third-order valence-corrected chi connectivity index (χ3v) is 4.08. The molecule has 0 saturated carbocycles. The zero-order valence-corrected chi connectivity index (χ0v) is 14.7. The van der Waals surface area contributed by atoms with Gasteiger partial charge in [0.2, 0.25) is 6.79 Å². The Kier molecular flexibility index (Phi) is 4.72. The number of amides is 1. The summed E-state index contributed by atoms with van der Waals surface area (Å²) in [6, 6.07) is 16.1. The van der Waals surface area contributed by atoms with Crippen LogP contribution in [0.15, 0.2) is 54.9 Å². The van der Waals surface area contributed by atoms with Gasteiger partial charge >= 0.3 is 0 Å². The third-order valence-electron chi connectivity index (χ3n) is 4.08. The van der Waals surface area contributed by atoms with Crippen LogP contribution in [0.1, 0.15) is 21.6 Å². The van der Waals surface area contributed by atoms with Crippen molar-refractivity contribution in [3.63, 3.8) is 0 Å². The summed E-state index contributed by atoms with van der Waals surface area (Å²) in [5, 5.41) is 14.8. The minimum atomic E-state index is -0.317. The maximum Gasteiger partial charge on any atom is 0.270 e. The van der Waals surface area contributed by atoms with Crippen molar-refractivity contribution in [2.75, 3.05) is 12.1 Å². The standard InChI is InChI=1S/C20H15N5O3/c21-9-13-1-4-15(5-2-13)25-19-8-16(23-11-24-19)20(26)22-10-14-3-6-17-18(7-14)28-12-27-17/h1-8,11H,10,12H2,(H,22,26)(H,23,24,25). The second-order valence-electron chi connectivity index (χ2n) is 5.97. The molecule has 0 unspecified atom stereocenters. The third kappa shape index (κ3) is 3.83. The predicted molar refractivity (Wildman–Crippen MR) is 100 cm³/mol. The lowest BCUT2D eigenvalue weighted by Gasteiger charge is -2.08. The number of anilines is 2. The van der Waals surface area contributed by atoms with Gasteiger partial charge in [0.1, 0.15) is 17.8 Å². The Bertz CT molecular complexity index is 1060. The number of benzene rings is 2. The van der Waals surface area contributed by atoms with E-state index in [4.69, 9.17) is 14.7 Å². The zero-order chi connectivity index (χ0) is 19.3. The quantitative estimate of drug-likeness (QED) is 0.708. The summed E-state index contributed by atoms with van der Waals surface area (Å²) in [5.74, 6) is 1.53. The van der Waals surface area contributed by atoms with Crippen LogP contribution in [0.2, 0.25) is 0 Å². The van der Waals surface area contributed by atoms with Crippen LogP contribution in [-0.2, 0) is 6.54 Å². The highest BCUT2D eigenvalue weighted by atomic mass is 16.7. The Hall–Kier alpha value is -4.12. The van der Waals surface area contributed by atoms with Crippen LogP contribution in [0, 0.1) is 11.3 Å². The summed E-state index contributed by atoms with van der Waals surface area (Å²) < 4.78 is 10.6. The summed E-state index contributed by atoms with van der Waals surface area (Å²) >= 11 is 0. The molecule has 138 valence electrons. The predicted octanol–water partition coefficient (Wildman–Crippen LogP) is 2.75. The first-order valence-electron chi connectivity index (χ1n) is 8.47. The van der Waals surface area contributed by atoms with Crippen molar-refractivity contribution < 1.29 is 14.3 Å². The van der Waals surface area contributed by atoms with Gasteiger partial charge < -0.3 is 20.1 Å². The largest absolute Gasteiger partial charge is 0.454 e. The summed E-state index contributed by atoms with van der Waals surface area (Å²) in [5.41, 5.74) is 2.45. The van der Waals surface area contributed by atoms with Gasteiger partial charge in [-0.25, -0.2) is 9.97 Å². The summed E-state index contributed by atoms with van der Waals surface area (Å²) in [6.07, 6.45) is 1.32. The molecule has 0 spiro atoms. The van der Waals surface area contributed by atoms with Gasteiger partial charge in [-0.2, -0.15) is 5.26 Å². The fourth-order valence-electron chi connectivity index (χ4n) is 2.65. The fraction of sp³-hybridized carbons (Fsp3) is 0.100. The van der Waals surface area contributed by atoms with Crippen molar-refractivity contribution in [1.29, 1.82) is 5.26 Å². The molecule has 0 aliphatic carbocycles. The molecular weight excluding hydrogens is 358 g/mol. The highest BCUT2D eigenvalue weighted by molar-refractivity contribution is 5.92. The molecule has 0 fully saturated rings. The molecule has 1 aromatic heterocycles. The van der Waals surface area contributed by atoms with Gasteiger partial charge in [-0.15, -0.1) is 0 Å². The summed E-state index contributed by atoms with van der Waals surface area (Å²) in [6.45, 7) is 0.541. The number of hydrogen-bond donors (Lipinski definition) is 2. The molecule has 3 aromatic rings. The smallest absolute Gasteiger partial charge is 0.270 e. The number of rotatable bonds is 5. The van der Waals surface area contributed by atoms with E-state index in [1.165, 1.54) is 6.33 Å². The number of ether oxygens (including phenoxy) is 2. The second kappa shape index (κ2) is 7.63. The number of carbonyl (C=O) groups excluding carboxylic acids is 1. The number of aromatic nitrogens is 2. The molecule has 8 heteroatoms. The van der Waals surface area contributed by atoms with Gasteiger partial charge in [0.05, 0.1) is 11.6 Å². The van der Waals surface area contributed by atoms with Crippen molar-refractivity contribution in [3.8, 4) is 17.6 Å². The highest BCUT2D eigenvalue weighted by Gasteiger charge is 2.14. The lowest BCUT2D eigenvalue weighted by molar-refractivity contribution is 0.0945. The van der Waals surface area contributed by atoms with Gasteiger partial charge in [0.25, 0.3) is 5.91 Å². The number of fused-ring (bicyclic) bond motifs is 1. The van der Waals surface area contributed by atoms with Crippen LogP contribution in [-0.4, -0.2) is 22.7 Å². The maximum absolute atomic E-state index is 12.4. The molecule has 1 aliphatic rings. The number of hydrogen-bond acceptors (Lipinski definition) is 7. The van der Waals surface area contributed by atoms with Crippen LogP contribution in [0.4, 0.5) is 11.5 Å². The molecule has 0 bridgehead atoms. The van der Waals surface area contributed by atoms with E-state index >= 15 is 0 Å².